The average Bonchev–Trinajstić information content (AvgIpc) is 3.16. The van der Waals surface area contributed by atoms with E-state index in [9.17, 15) is 13.2 Å². The minimum absolute atomic E-state index is 0.0629. The van der Waals surface area contributed by atoms with Crippen LogP contribution < -0.4 is 10.5 Å². The van der Waals surface area contributed by atoms with Crippen molar-refractivity contribution in [2.24, 2.45) is 5.14 Å². The molecule has 0 bridgehead atoms. The molecule has 9 nitrogen and oxygen atoms in total. The van der Waals surface area contributed by atoms with Crippen LogP contribution in [0.25, 0.3) is 5.69 Å². The predicted octanol–water partition coefficient (Wildman–Crippen LogP) is 0.282. The molecule has 1 heterocycles. The molecule has 134 valence electrons. The number of carbonyl (C=O) groups excluding carboxylic acids is 1. The van der Waals surface area contributed by atoms with E-state index in [1.54, 1.807) is 36.4 Å². The van der Waals surface area contributed by atoms with Crippen molar-refractivity contribution in [1.82, 2.24) is 25.5 Å². The summed E-state index contributed by atoms with van der Waals surface area (Å²) in [4.78, 5) is 12.2. The lowest BCUT2D eigenvalue weighted by molar-refractivity contribution is 0.0954. The van der Waals surface area contributed by atoms with Gasteiger partial charge in [0.1, 0.15) is 6.33 Å². The van der Waals surface area contributed by atoms with E-state index in [1.807, 2.05) is 0 Å². The van der Waals surface area contributed by atoms with Crippen LogP contribution in [0.2, 0.25) is 0 Å². The van der Waals surface area contributed by atoms with Crippen LogP contribution in [0.1, 0.15) is 15.9 Å². The molecule has 0 radical (unpaired) electrons. The number of hydrogen-bond donors (Lipinski definition) is 2. The van der Waals surface area contributed by atoms with E-state index in [1.165, 1.54) is 23.1 Å². The Morgan fingerprint density at radius 3 is 2.35 bits per heavy atom. The molecule has 26 heavy (non-hydrogen) atoms. The lowest BCUT2D eigenvalue weighted by Gasteiger charge is -2.07. The zero-order valence-electron chi connectivity index (χ0n) is 13.6. The highest BCUT2D eigenvalue weighted by atomic mass is 32.2. The second-order valence-corrected chi connectivity index (χ2v) is 7.06. The van der Waals surface area contributed by atoms with Gasteiger partial charge in [-0.25, -0.2) is 18.2 Å². The first-order valence-corrected chi connectivity index (χ1v) is 9.21. The standard InChI is InChI=1S/C16H16N6O3S/c17-26(24,25)15-7-1-12(2-8-15)9-10-18-16(23)13-3-5-14(6-4-13)22-11-19-20-21-22/h1-8,11H,9-10H2,(H,18,23)(H2,17,24,25). The van der Waals surface area contributed by atoms with Crippen molar-refractivity contribution in [2.45, 2.75) is 11.3 Å². The number of rotatable bonds is 6. The summed E-state index contributed by atoms with van der Waals surface area (Å²) >= 11 is 0. The van der Waals surface area contributed by atoms with Crippen LogP contribution in [0.5, 0.6) is 0 Å². The van der Waals surface area contributed by atoms with Crippen LogP contribution in [0.15, 0.2) is 59.8 Å². The van der Waals surface area contributed by atoms with Gasteiger partial charge in [-0.2, -0.15) is 0 Å². The van der Waals surface area contributed by atoms with E-state index in [-0.39, 0.29) is 10.8 Å². The molecule has 0 saturated heterocycles. The SMILES string of the molecule is NS(=O)(=O)c1ccc(CCNC(=O)c2ccc(-n3cnnn3)cc2)cc1. The van der Waals surface area contributed by atoms with Gasteiger partial charge >= 0.3 is 0 Å². The number of hydrogen-bond acceptors (Lipinski definition) is 6. The van der Waals surface area contributed by atoms with Crippen molar-refractivity contribution in [3.63, 3.8) is 0 Å². The minimum atomic E-state index is -3.69. The predicted molar refractivity (Wildman–Crippen MR) is 93.0 cm³/mol. The monoisotopic (exact) mass is 372 g/mol. The summed E-state index contributed by atoms with van der Waals surface area (Å²) in [5.74, 6) is -0.200. The Labute approximate surface area is 149 Å². The van der Waals surface area contributed by atoms with E-state index in [2.05, 4.69) is 20.8 Å². The number of primary sulfonamides is 1. The zero-order chi connectivity index (χ0) is 18.6. The summed E-state index contributed by atoms with van der Waals surface area (Å²) in [6.07, 6.45) is 2.04. The number of nitrogens with two attached hydrogens (primary N) is 1. The minimum Gasteiger partial charge on any atom is -0.352 e. The molecule has 0 unspecified atom stereocenters. The third-order valence-corrected chi connectivity index (χ3v) is 4.62. The summed E-state index contributed by atoms with van der Waals surface area (Å²) in [5, 5.41) is 18.8. The Morgan fingerprint density at radius 1 is 1.08 bits per heavy atom. The van der Waals surface area contributed by atoms with Gasteiger partial charge in [0.05, 0.1) is 10.6 Å². The van der Waals surface area contributed by atoms with E-state index in [4.69, 9.17) is 5.14 Å². The number of tetrazole rings is 1. The number of amides is 1. The fourth-order valence-electron chi connectivity index (χ4n) is 2.31. The van der Waals surface area contributed by atoms with Crippen LogP contribution in [-0.4, -0.2) is 41.1 Å². The summed E-state index contributed by atoms with van der Waals surface area (Å²) in [7, 11) is -3.69. The summed E-state index contributed by atoms with van der Waals surface area (Å²) < 4.78 is 23.9. The van der Waals surface area contributed by atoms with Gasteiger partial charge in [0.15, 0.2) is 0 Å². The van der Waals surface area contributed by atoms with E-state index in [0.29, 0.717) is 18.5 Å². The fourth-order valence-corrected chi connectivity index (χ4v) is 2.83. The van der Waals surface area contributed by atoms with Gasteiger partial charge in [-0.15, -0.1) is 5.10 Å². The van der Waals surface area contributed by atoms with E-state index < -0.39 is 10.0 Å². The number of carbonyl (C=O) groups is 1. The number of aromatic nitrogens is 4. The largest absolute Gasteiger partial charge is 0.352 e. The van der Waals surface area contributed by atoms with Gasteiger partial charge in [0.2, 0.25) is 10.0 Å². The Hall–Kier alpha value is -3.11. The highest BCUT2D eigenvalue weighted by molar-refractivity contribution is 7.89. The summed E-state index contributed by atoms with van der Waals surface area (Å²) in [6, 6.07) is 13.1. The maximum atomic E-state index is 12.2. The van der Waals surface area contributed by atoms with Crippen LogP contribution in [-0.2, 0) is 16.4 Å². The first-order chi connectivity index (χ1) is 12.4. The molecular formula is C16H16N6O3S. The molecule has 0 aliphatic heterocycles. The molecular weight excluding hydrogens is 356 g/mol. The van der Waals surface area contributed by atoms with Crippen molar-refractivity contribution in [3.05, 3.63) is 66.0 Å². The lowest BCUT2D eigenvalue weighted by Crippen LogP contribution is -2.25. The average molecular weight is 372 g/mol. The quantitative estimate of drug-likeness (QED) is 0.639. The molecule has 10 heteroatoms. The molecule has 0 aliphatic carbocycles. The maximum Gasteiger partial charge on any atom is 0.251 e. The molecule has 1 amide bonds. The molecule has 0 aliphatic rings. The van der Waals surface area contributed by atoms with Gasteiger partial charge in [0, 0.05) is 12.1 Å². The molecule has 3 aromatic rings. The van der Waals surface area contributed by atoms with Crippen molar-refractivity contribution in [1.29, 1.82) is 0 Å². The van der Waals surface area contributed by atoms with Crippen LogP contribution in [0.4, 0.5) is 0 Å². The first-order valence-electron chi connectivity index (χ1n) is 7.67. The second-order valence-electron chi connectivity index (χ2n) is 5.50. The highest BCUT2D eigenvalue weighted by Crippen LogP contribution is 2.10. The molecule has 2 aromatic carbocycles. The van der Waals surface area contributed by atoms with Crippen LogP contribution in [0.3, 0.4) is 0 Å². The van der Waals surface area contributed by atoms with Crippen LogP contribution in [0, 0.1) is 0 Å². The topological polar surface area (TPSA) is 133 Å². The zero-order valence-corrected chi connectivity index (χ0v) is 14.4. The Kier molecular flexibility index (Phi) is 5.05. The third-order valence-electron chi connectivity index (χ3n) is 3.69. The number of nitrogens with zero attached hydrogens (tertiary/aromatic N) is 4. The van der Waals surface area contributed by atoms with Crippen molar-refractivity contribution >= 4 is 15.9 Å². The molecule has 0 saturated carbocycles. The maximum absolute atomic E-state index is 12.2. The lowest BCUT2D eigenvalue weighted by atomic mass is 10.1. The number of nitrogens with one attached hydrogen (secondary N) is 1. The fraction of sp³-hybridized carbons (Fsp3) is 0.125. The summed E-state index contributed by atoms with van der Waals surface area (Å²) in [6.45, 7) is 0.419. The van der Waals surface area contributed by atoms with Gasteiger partial charge in [-0.1, -0.05) is 12.1 Å². The van der Waals surface area contributed by atoms with Crippen molar-refractivity contribution < 1.29 is 13.2 Å². The Bertz CT molecular complexity index is 983. The molecule has 1 aromatic heterocycles. The van der Waals surface area contributed by atoms with Crippen molar-refractivity contribution in [2.75, 3.05) is 6.54 Å². The number of sulfonamides is 1. The van der Waals surface area contributed by atoms with E-state index >= 15 is 0 Å². The van der Waals surface area contributed by atoms with E-state index in [0.717, 1.165) is 11.3 Å². The molecule has 0 spiro atoms. The molecule has 3 N–H and O–H groups in total. The van der Waals surface area contributed by atoms with Gasteiger partial charge < -0.3 is 5.32 Å². The number of benzene rings is 2. The highest BCUT2D eigenvalue weighted by Gasteiger charge is 2.08. The normalized spacial score (nSPS) is 11.3. The smallest absolute Gasteiger partial charge is 0.251 e. The molecule has 0 fully saturated rings. The van der Waals surface area contributed by atoms with Gasteiger partial charge in [0.25, 0.3) is 5.91 Å². The first kappa shape index (κ1) is 17.7. The van der Waals surface area contributed by atoms with Gasteiger partial charge in [-0.05, 0) is 58.8 Å². The van der Waals surface area contributed by atoms with Crippen LogP contribution >= 0.6 is 0 Å². The second kappa shape index (κ2) is 7.42. The summed E-state index contributed by atoms with van der Waals surface area (Å²) in [5.41, 5.74) is 2.17. The molecule has 0 atom stereocenters. The van der Waals surface area contributed by atoms with Crippen molar-refractivity contribution in [3.8, 4) is 5.69 Å². The Morgan fingerprint density at radius 2 is 1.77 bits per heavy atom. The Balaban J connectivity index is 1.54. The van der Waals surface area contributed by atoms with Gasteiger partial charge in [-0.3, -0.25) is 4.79 Å². The molecule has 3 rings (SSSR count). The third kappa shape index (κ3) is 4.29.